The van der Waals surface area contributed by atoms with Crippen LogP contribution in [0, 0.1) is 6.92 Å². The zero-order valence-corrected chi connectivity index (χ0v) is 14.9. The molecule has 5 heteroatoms. The molecule has 0 aromatic heterocycles. The van der Waals surface area contributed by atoms with Gasteiger partial charge in [0.1, 0.15) is 0 Å². The molecule has 0 spiro atoms. The van der Waals surface area contributed by atoms with E-state index in [1.165, 1.54) is 17.2 Å². The molecular formula is C19H24N2O2S. The van der Waals surface area contributed by atoms with Crippen molar-refractivity contribution in [3.8, 4) is 11.5 Å². The molecule has 0 atom stereocenters. The topological polar surface area (TPSA) is 55.7 Å². The third-order valence-electron chi connectivity index (χ3n) is 3.93. The Morgan fingerprint density at radius 2 is 1.67 bits per heavy atom. The van der Waals surface area contributed by atoms with E-state index in [1.54, 1.807) is 12.1 Å². The molecule has 0 unspecified atom stereocenters. The van der Waals surface area contributed by atoms with Gasteiger partial charge in [-0.25, -0.2) is 0 Å². The number of rotatable bonds is 6. The zero-order chi connectivity index (χ0) is 17.5. The lowest BCUT2D eigenvalue weighted by atomic mass is 10.1. The number of nitrogens with zero attached hydrogens (tertiary/aromatic N) is 1. The van der Waals surface area contributed by atoms with Crippen LogP contribution in [0.5, 0.6) is 11.5 Å². The molecule has 2 aromatic rings. The van der Waals surface area contributed by atoms with E-state index >= 15 is 0 Å². The molecule has 0 radical (unpaired) electrons. The maximum Gasteiger partial charge on any atom is 0.168 e. The second-order valence-electron chi connectivity index (χ2n) is 5.96. The first kappa shape index (κ1) is 18.1. The van der Waals surface area contributed by atoms with Crippen LogP contribution in [-0.4, -0.2) is 40.4 Å². The summed E-state index contributed by atoms with van der Waals surface area (Å²) in [6, 6.07) is 13.4. The standard InChI is InChI=1S/C19H24N2O2S/c1-14-3-5-15(6-4-14)9-11-20-19(24)21(2)12-10-16-7-8-17(22)18(23)13-16/h3-8,13,22-23H,9-12H2,1-2H3,(H,20,24). The maximum absolute atomic E-state index is 9.51. The molecule has 2 rings (SSSR count). The summed E-state index contributed by atoms with van der Waals surface area (Å²) in [7, 11) is 1.95. The van der Waals surface area contributed by atoms with E-state index in [0.29, 0.717) is 5.11 Å². The molecule has 4 nitrogen and oxygen atoms in total. The predicted octanol–water partition coefficient (Wildman–Crippen LogP) is 3.00. The molecule has 0 aliphatic rings. The summed E-state index contributed by atoms with van der Waals surface area (Å²) in [5.41, 5.74) is 3.51. The van der Waals surface area contributed by atoms with Crippen LogP contribution in [0.3, 0.4) is 0 Å². The fraction of sp³-hybridized carbons (Fsp3) is 0.316. The van der Waals surface area contributed by atoms with Gasteiger partial charge in [0.25, 0.3) is 0 Å². The molecule has 0 saturated carbocycles. The van der Waals surface area contributed by atoms with Crippen molar-refractivity contribution in [3.63, 3.8) is 0 Å². The van der Waals surface area contributed by atoms with Gasteiger partial charge in [-0.15, -0.1) is 0 Å². The van der Waals surface area contributed by atoms with Gasteiger partial charge in [0.2, 0.25) is 0 Å². The van der Waals surface area contributed by atoms with Gasteiger partial charge >= 0.3 is 0 Å². The lowest BCUT2D eigenvalue weighted by Crippen LogP contribution is -2.39. The lowest BCUT2D eigenvalue weighted by molar-refractivity contribution is 0.402. The number of aromatic hydroxyl groups is 2. The molecule has 0 aliphatic carbocycles. The Hall–Kier alpha value is -2.27. The first-order chi connectivity index (χ1) is 11.5. The van der Waals surface area contributed by atoms with Gasteiger partial charge in [0.05, 0.1) is 0 Å². The summed E-state index contributed by atoms with van der Waals surface area (Å²) in [6.45, 7) is 3.62. The van der Waals surface area contributed by atoms with Crippen molar-refractivity contribution in [2.75, 3.05) is 20.1 Å². The molecule has 0 bridgehead atoms. The van der Waals surface area contributed by atoms with Crippen LogP contribution < -0.4 is 5.32 Å². The van der Waals surface area contributed by atoms with Crippen molar-refractivity contribution in [2.24, 2.45) is 0 Å². The zero-order valence-electron chi connectivity index (χ0n) is 14.1. The van der Waals surface area contributed by atoms with Gasteiger partial charge in [-0.3, -0.25) is 0 Å². The van der Waals surface area contributed by atoms with E-state index in [-0.39, 0.29) is 11.5 Å². The highest BCUT2D eigenvalue weighted by Gasteiger charge is 2.06. The monoisotopic (exact) mass is 344 g/mol. The predicted molar refractivity (Wildman–Crippen MR) is 102 cm³/mol. The highest BCUT2D eigenvalue weighted by Crippen LogP contribution is 2.24. The molecule has 0 amide bonds. The number of phenolic OH excluding ortho intramolecular Hbond substituents is 2. The van der Waals surface area contributed by atoms with Crippen molar-refractivity contribution in [3.05, 3.63) is 59.2 Å². The maximum atomic E-state index is 9.51. The van der Waals surface area contributed by atoms with Crippen molar-refractivity contribution in [2.45, 2.75) is 19.8 Å². The number of hydrogen-bond donors (Lipinski definition) is 3. The van der Waals surface area contributed by atoms with Crippen LogP contribution in [0.15, 0.2) is 42.5 Å². The highest BCUT2D eigenvalue weighted by molar-refractivity contribution is 7.80. The molecule has 2 aromatic carbocycles. The van der Waals surface area contributed by atoms with Crippen molar-refractivity contribution in [1.29, 1.82) is 0 Å². The minimum atomic E-state index is -0.0969. The quantitative estimate of drug-likeness (QED) is 0.556. The lowest BCUT2D eigenvalue weighted by Gasteiger charge is -2.21. The molecular weight excluding hydrogens is 320 g/mol. The summed E-state index contributed by atoms with van der Waals surface area (Å²) >= 11 is 5.40. The van der Waals surface area contributed by atoms with Gasteiger partial charge < -0.3 is 20.4 Å². The minimum Gasteiger partial charge on any atom is -0.504 e. The molecule has 3 N–H and O–H groups in total. The Balaban J connectivity index is 1.73. The molecule has 0 heterocycles. The largest absolute Gasteiger partial charge is 0.504 e. The number of thiocarbonyl (C=S) groups is 1. The SMILES string of the molecule is Cc1ccc(CCNC(=S)N(C)CCc2ccc(O)c(O)c2)cc1. The number of benzene rings is 2. The normalized spacial score (nSPS) is 10.4. The fourth-order valence-corrected chi connectivity index (χ4v) is 2.52. The second-order valence-corrected chi connectivity index (χ2v) is 6.35. The van der Waals surface area contributed by atoms with Gasteiger partial charge in [0.15, 0.2) is 16.6 Å². The van der Waals surface area contributed by atoms with Crippen molar-refractivity contribution < 1.29 is 10.2 Å². The van der Waals surface area contributed by atoms with Crippen LogP contribution in [0.25, 0.3) is 0 Å². The average molecular weight is 344 g/mol. The summed E-state index contributed by atoms with van der Waals surface area (Å²) in [4.78, 5) is 1.98. The Morgan fingerprint density at radius 3 is 2.33 bits per heavy atom. The third-order valence-corrected chi connectivity index (χ3v) is 4.39. The molecule has 128 valence electrons. The van der Waals surface area contributed by atoms with Crippen LogP contribution in [-0.2, 0) is 12.8 Å². The van der Waals surface area contributed by atoms with Crippen LogP contribution >= 0.6 is 12.2 Å². The first-order valence-electron chi connectivity index (χ1n) is 8.01. The summed E-state index contributed by atoms with van der Waals surface area (Å²) < 4.78 is 0. The third kappa shape index (κ3) is 5.42. The number of phenols is 2. The van der Waals surface area contributed by atoms with E-state index in [9.17, 15) is 10.2 Å². The summed E-state index contributed by atoms with van der Waals surface area (Å²) in [6.07, 6.45) is 1.67. The molecule has 0 saturated heterocycles. The van der Waals surface area contributed by atoms with Crippen LogP contribution in [0.4, 0.5) is 0 Å². The smallest absolute Gasteiger partial charge is 0.168 e. The van der Waals surface area contributed by atoms with Crippen LogP contribution in [0.2, 0.25) is 0 Å². The van der Waals surface area contributed by atoms with E-state index in [2.05, 4.69) is 36.5 Å². The number of aryl methyl sites for hydroxylation is 1. The van der Waals surface area contributed by atoms with Gasteiger partial charge in [-0.2, -0.15) is 0 Å². The van der Waals surface area contributed by atoms with E-state index in [4.69, 9.17) is 12.2 Å². The Kier molecular flexibility index (Phi) is 6.44. The Bertz CT molecular complexity index is 686. The number of likely N-dealkylation sites (N-methyl/N-ethyl adjacent to an activating group) is 1. The summed E-state index contributed by atoms with van der Waals surface area (Å²) in [5, 5.41) is 22.8. The van der Waals surface area contributed by atoms with Crippen LogP contribution in [0.1, 0.15) is 16.7 Å². The van der Waals surface area contributed by atoms with E-state index < -0.39 is 0 Å². The van der Waals surface area contributed by atoms with E-state index in [0.717, 1.165) is 31.5 Å². The number of nitrogens with one attached hydrogen (secondary N) is 1. The number of hydrogen-bond acceptors (Lipinski definition) is 3. The Labute approximate surface area is 148 Å². The van der Waals surface area contributed by atoms with Gasteiger partial charge in [-0.05, 0) is 55.2 Å². The first-order valence-corrected chi connectivity index (χ1v) is 8.42. The Morgan fingerprint density at radius 1 is 1.00 bits per heavy atom. The molecule has 0 aliphatic heterocycles. The second kappa shape index (κ2) is 8.55. The van der Waals surface area contributed by atoms with E-state index in [1.807, 2.05) is 11.9 Å². The van der Waals surface area contributed by atoms with Crippen molar-refractivity contribution in [1.82, 2.24) is 10.2 Å². The van der Waals surface area contributed by atoms with Gasteiger partial charge in [-0.1, -0.05) is 35.9 Å². The minimum absolute atomic E-state index is 0.0889. The summed E-state index contributed by atoms with van der Waals surface area (Å²) in [5.74, 6) is -0.186. The highest BCUT2D eigenvalue weighted by atomic mass is 32.1. The van der Waals surface area contributed by atoms with Crippen molar-refractivity contribution >= 4 is 17.3 Å². The van der Waals surface area contributed by atoms with Gasteiger partial charge in [0, 0.05) is 20.1 Å². The average Bonchev–Trinajstić information content (AvgIpc) is 2.57. The molecule has 0 fully saturated rings. The fourth-order valence-electron chi connectivity index (χ4n) is 2.33. The molecule has 24 heavy (non-hydrogen) atoms.